The highest BCUT2D eigenvalue weighted by molar-refractivity contribution is 5.91. The summed E-state index contributed by atoms with van der Waals surface area (Å²) in [5, 5.41) is 2.77. The molecule has 0 aliphatic heterocycles. The Morgan fingerprint density at radius 2 is 1.88 bits per heavy atom. The Morgan fingerprint density at radius 1 is 1.16 bits per heavy atom. The van der Waals surface area contributed by atoms with Crippen LogP contribution in [0.25, 0.3) is 11.3 Å². The van der Waals surface area contributed by atoms with Crippen LogP contribution in [0, 0.1) is 12.7 Å². The molecule has 5 nitrogen and oxygen atoms in total. The normalized spacial score (nSPS) is 10.5. The van der Waals surface area contributed by atoms with E-state index in [0.717, 1.165) is 5.56 Å². The van der Waals surface area contributed by atoms with Gasteiger partial charge in [-0.25, -0.2) is 9.37 Å². The van der Waals surface area contributed by atoms with Crippen LogP contribution in [-0.4, -0.2) is 15.5 Å². The number of nitrogens with zero attached hydrogens (tertiary/aromatic N) is 2. The van der Waals surface area contributed by atoms with E-state index in [4.69, 9.17) is 0 Å². The van der Waals surface area contributed by atoms with Crippen LogP contribution in [0.2, 0.25) is 0 Å². The Balaban J connectivity index is 1.75. The summed E-state index contributed by atoms with van der Waals surface area (Å²) in [7, 11) is 0. The second-order valence-electron chi connectivity index (χ2n) is 5.61. The Hall–Kier alpha value is -3.28. The van der Waals surface area contributed by atoms with E-state index in [2.05, 4.69) is 10.3 Å². The first-order chi connectivity index (χ1) is 12.0. The number of hydrogen-bond acceptors (Lipinski definition) is 3. The smallest absolute Gasteiger partial charge is 0.254 e. The molecular weight excluding hydrogens is 321 g/mol. The predicted octanol–water partition coefficient (Wildman–Crippen LogP) is 3.00. The summed E-state index contributed by atoms with van der Waals surface area (Å²) in [6, 6.07) is 14.4. The van der Waals surface area contributed by atoms with Gasteiger partial charge in [-0.2, -0.15) is 0 Å². The van der Waals surface area contributed by atoms with Crippen LogP contribution < -0.4 is 10.9 Å². The summed E-state index contributed by atoms with van der Waals surface area (Å²) in [6.07, 6.45) is 1.32. The zero-order chi connectivity index (χ0) is 17.8. The molecule has 0 radical (unpaired) electrons. The molecule has 0 aliphatic rings. The summed E-state index contributed by atoms with van der Waals surface area (Å²) >= 11 is 0. The molecule has 126 valence electrons. The van der Waals surface area contributed by atoms with E-state index in [-0.39, 0.29) is 23.8 Å². The maximum Gasteiger partial charge on any atom is 0.254 e. The van der Waals surface area contributed by atoms with Crippen LogP contribution in [0.4, 0.5) is 10.1 Å². The number of rotatable bonds is 4. The summed E-state index contributed by atoms with van der Waals surface area (Å²) < 4.78 is 14.2. The van der Waals surface area contributed by atoms with Crippen LogP contribution in [0.3, 0.4) is 0 Å². The van der Waals surface area contributed by atoms with Crippen LogP contribution in [0.1, 0.15) is 5.56 Å². The molecule has 1 amide bonds. The van der Waals surface area contributed by atoms with Crippen LogP contribution in [0.5, 0.6) is 0 Å². The van der Waals surface area contributed by atoms with E-state index in [0.29, 0.717) is 16.9 Å². The molecule has 0 spiro atoms. The van der Waals surface area contributed by atoms with Gasteiger partial charge in [0.25, 0.3) is 5.56 Å². The predicted molar refractivity (Wildman–Crippen MR) is 93.7 cm³/mol. The van der Waals surface area contributed by atoms with Crippen LogP contribution in [0.15, 0.2) is 65.7 Å². The quantitative estimate of drug-likeness (QED) is 0.796. The third-order valence-electron chi connectivity index (χ3n) is 3.75. The molecule has 1 heterocycles. The Bertz CT molecular complexity index is 965. The van der Waals surface area contributed by atoms with Crippen molar-refractivity contribution in [2.75, 3.05) is 5.32 Å². The van der Waals surface area contributed by atoms with Crippen molar-refractivity contribution in [3.8, 4) is 11.3 Å². The lowest BCUT2D eigenvalue weighted by molar-refractivity contribution is -0.116. The van der Waals surface area contributed by atoms with Crippen LogP contribution in [-0.2, 0) is 11.3 Å². The summed E-state index contributed by atoms with van der Waals surface area (Å²) in [5.74, 6) is -0.669. The Kier molecular flexibility index (Phi) is 4.70. The molecule has 0 atom stereocenters. The number of halogens is 1. The highest BCUT2D eigenvalue weighted by atomic mass is 19.1. The van der Waals surface area contributed by atoms with E-state index in [9.17, 15) is 14.0 Å². The second-order valence-corrected chi connectivity index (χ2v) is 5.61. The average Bonchev–Trinajstić information content (AvgIpc) is 2.59. The van der Waals surface area contributed by atoms with Gasteiger partial charge in [0.2, 0.25) is 5.91 Å². The summed E-state index contributed by atoms with van der Waals surface area (Å²) in [4.78, 5) is 28.5. The van der Waals surface area contributed by atoms with Gasteiger partial charge in [-0.05, 0) is 42.8 Å². The molecule has 0 unspecified atom stereocenters. The number of nitrogens with one attached hydrogen (secondary N) is 1. The first-order valence-electron chi connectivity index (χ1n) is 7.71. The van der Waals surface area contributed by atoms with Crippen molar-refractivity contribution in [1.82, 2.24) is 9.55 Å². The van der Waals surface area contributed by atoms with Crippen LogP contribution >= 0.6 is 0 Å². The molecule has 0 fully saturated rings. The molecule has 3 aromatic rings. The van der Waals surface area contributed by atoms with Gasteiger partial charge in [-0.3, -0.25) is 14.2 Å². The van der Waals surface area contributed by atoms with Gasteiger partial charge in [-0.1, -0.05) is 18.2 Å². The molecule has 0 bridgehead atoms. The van der Waals surface area contributed by atoms with Crippen molar-refractivity contribution in [3.05, 3.63) is 82.7 Å². The van der Waals surface area contributed by atoms with E-state index >= 15 is 0 Å². The van der Waals surface area contributed by atoms with E-state index in [1.165, 1.54) is 29.1 Å². The lowest BCUT2D eigenvalue weighted by Crippen LogP contribution is -2.27. The third kappa shape index (κ3) is 3.98. The summed E-state index contributed by atoms with van der Waals surface area (Å²) in [5.41, 5.74) is 2.36. The lowest BCUT2D eigenvalue weighted by atomic mass is 10.1. The van der Waals surface area contributed by atoms with Gasteiger partial charge in [-0.15, -0.1) is 0 Å². The number of amides is 1. The van der Waals surface area contributed by atoms with E-state index < -0.39 is 0 Å². The molecule has 3 rings (SSSR count). The van der Waals surface area contributed by atoms with Crippen molar-refractivity contribution in [2.45, 2.75) is 13.5 Å². The second kappa shape index (κ2) is 7.09. The van der Waals surface area contributed by atoms with E-state index in [1.807, 2.05) is 25.1 Å². The molecule has 25 heavy (non-hydrogen) atoms. The van der Waals surface area contributed by atoms with Gasteiger partial charge in [0.1, 0.15) is 12.4 Å². The van der Waals surface area contributed by atoms with Crippen molar-refractivity contribution in [3.63, 3.8) is 0 Å². The molecule has 6 heteroatoms. The molecule has 0 aliphatic carbocycles. The van der Waals surface area contributed by atoms with E-state index in [1.54, 1.807) is 18.2 Å². The van der Waals surface area contributed by atoms with Crippen molar-refractivity contribution in [1.29, 1.82) is 0 Å². The van der Waals surface area contributed by atoms with Crippen molar-refractivity contribution >= 4 is 11.6 Å². The van der Waals surface area contributed by atoms with Gasteiger partial charge in [0.15, 0.2) is 0 Å². The first kappa shape index (κ1) is 16.6. The molecule has 2 aromatic carbocycles. The fraction of sp³-hybridized carbons (Fsp3) is 0.105. The topological polar surface area (TPSA) is 64.0 Å². The zero-order valence-electron chi connectivity index (χ0n) is 13.6. The van der Waals surface area contributed by atoms with Gasteiger partial charge in [0, 0.05) is 17.3 Å². The number of benzene rings is 2. The number of carbonyl (C=O) groups excluding carboxylic acids is 1. The number of aromatic nitrogens is 2. The molecule has 0 saturated heterocycles. The van der Waals surface area contributed by atoms with Crippen molar-refractivity contribution < 1.29 is 9.18 Å². The lowest BCUT2D eigenvalue weighted by Gasteiger charge is -2.09. The maximum atomic E-state index is 13.0. The monoisotopic (exact) mass is 337 g/mol. The third-order valence-corrected chi connectivity index (χ3v) is 3.75. The molecule has 1 aromatic heterocycles. The van der Waals surface area contributed by atoms with Gasteiger partial charge in [0.05, 0.1) is 12.0 Å². The minimum absolute atomic E-state index is 0.135. The van der Waals surface area contributed by atoms with Gasteiger partial charge >= 0.3 is 0 Å². The molecule has 1 N–H and O–H groups in total. The largest absolute Gasteiger partial charge is 0.324 e. The molecular formula is C19H16FN3O2. The number of anilines is 1. The standard InChI is InChI=1S/C19H16FN3O2/c1-13-4-2-3-5-16(13)22-18(24)11-23-12-21-17(10-19(23)25)14-6-8-15(20)9-7-14/h2-10,12H,11H2,1H3,(H,22,24). The zero-order valence-corrected chi connectivity index (χ0v) is 13.6. The SMILES string of the molecule is Cc1ccccc1NC(=O)Cn1cnc(-c2ccc(F)cc2)cc1=O. The minimum Gasteiger partial charge on any atom is -0.324 e. The Morgan fingerprint density at radius 3 is 2.56 bits per heavy atom. The summed E-state index contributed by atoms with van der Waals surface area (Å²) in [6.45, 7) is 1.75. The highest BCUT2D eigenvalue weighted by Crippen LogP contribution is 2.15. The highest BCUT2D eigenvalue weighted by Gasteiger charge is 2.08. The number of aryl methyl sites for hydroxylation is 1. The van der Waals surface area contributed by atoms with Gasteiger partial charge < -0.3 is 5.32 Å². The Labute approximate surface area is 143 Å². The average molecular weight is 337 g/mol. The fourth-order valence-corrected chi connectivity index (χ4v) is 2.38. The number of para-hydroxylation sites is 1. The minimum atomic E-state index is -0.357. The fourth-order valence-electron chi connectivity index (χ4n) is 2.38. The first-order valence-corrected chi connectivity index (χ1v) is 7.71. The van der Waals surface area contributed by atoms with Crippen molar-refractivity contribution in [2.24, 2.45) is 0 Å². The molecule has 0 saturated carbocycles. The number of carbonyl (C=O) groups is 1. The number of hydrogen-bond donors (Lipinski definition) is 1. The maximum absolute atomic E-state index is 13.0.